The Bertz CT molecular complexity index is 53.0. The molecule has 0 atom stereocenters. The molecule has 0 aliphatic carbocycles. The van der Waals surface area contributed by atoms with E-state index < -0.39 is 9.71 Å². The van der Waals surface area contributed by atoms with Gasteiger partial charge in [0.2, 0.25) is 0 Å². The number of hydrogen-bond acceptors (Lipinski definition) is 3. The Morgan fingerprint density at radius 1 is 1.60 bits per heavy atom. The van der Waals surface area contributed by atoms with E-state index in [0.717, 1.165) is 0 Å². The summed E-state index contributed by atoms with van der Waals surface area (Å²) in [6.45, 7) is 0. The van der Waals surface area contributed by atoms with E-state index in [0.29, 0.717) is 0 Å². The van der Waals surface area contributed by atoms with Gasteiger partial charge in [-0.2, -0.15) is 0 Å². The van der Waals surface area contributed by atoms with E-state index in [1.807, 2.05) is 0 Å². The van der Waals surface area contributed by atoms with Crippen molar-refractivity contribution in [3.63, 3.8) is 0 Å². The molecule has 0 fully saturated rings. The van der Waals surface area contributed by atoms with Crippen molar-refractivity contribution < 1.29 is 12.2 Å². The molecule has 0 amide bonds. The first kappa shape index (κ1) is 6.12. The van der Waals surface area contributed by atoms with E-state index in [-0.39, 0.29) is 22.3 Å². The Morgan fingerprint density at radius 2 is 1.60 bits per heavy atom. The summed E-state index contributed by atoms with van der Waals surface area (Å²) in [7, 11) is -4.46. The third-order valence-electron chi connectivity index (χ3n) is 0. The van der Waals surface area contributed by atoms with Crippen LogP contribution in [0, 0.1) is 0 Å². The summed E-state index contributed by atoms with van der Waals surface area (Å²) in [4.78, 5) is 0. The molecule has 0 saturated heterocycles. The van der Waals surface area contributed by atoms with Gasteiger partial charge in [-0.25, -0.2) is 0 Å². The minimum atomic E-state index is -4.46. The van der Waals surface area contributed by atoms with Crippen LogP contribution in [0.4, 0.5) is 0 Å². The average Bonchev–Trinajstić information content (AvgIpc) is 0.722. The van der Waals surface area contributed by atoms with Crippen molar-refractivity contribution in [1.82, 2.24) is 0 Å². The molecule has 0 saturated carbocycles. The maximum atomic E-state index is 9.24. The van der Waals surface area contributed by atoms with Gasteiger partial charge in [0.15, 0.2) is 0 Å². The monoisotopic (exact) mass is 340 g/mol. The fraction of sp³-hybridized carbons (Fsp3) is 0. The minimum absolute atomic E-state index is 0.363. The van der Waals surface area contributed by atoms with Crippen LogP contribution >= 0.6 is 0 Å². The summed E-state index contributed by atoms with van der Waals surface area (Å²) in [5.41, 5.74) is 0. The van der Waals surface area contributed by atoms with E-state index in [2.05, 4.69) is 0 Å². The van der Waals surface area contributed by atoms with Crippen LogP contribution in [0.2, 0.25) is 0 Å². The van der Waals surface area contributed by atoms with Crippen molar-refractivity contribution in [3.8, 4) is 0 Å². The SMILES string of the molecule is O=[SeH]([O-])([O-])[BiH2]. The van der Waals surface area contributed by atoms with E-state index >= 15 is 0 Å². The molecule has 0 unspecified atom stereocenters. The van der Waals surface area contributed by atoms with E-state index in [1.54, 1.807) is 0 Å². The topological polar surface area (TPSA) is 63.2 Å². The Labute approximate surface area is 44.2 Å². The molecule has 0 spiro atoms. The molecule has 34 valence electrons. The standard InChI is InChI=1S/Bi.HO3Se.2H/c;1-4(2)3;;/h;4H;;/q;-2;;. The van der Waals surface area contributed by atoms with Crippen LogP contribution in [0.15, 0.2) is 0 Å². The molecule has 5 heavy (non-hydrogen) atoms. The van der Waals surface area contributed by atoms with Gasteiger partial charge in [0.25, 0.3) is 0 Å². The molecule has 0 N–H and O–H groups in total. The molecule has 0 aliphatic heterocycles. The van der Waals surface area contributed by atoms with E-state index in [1.165, 1.54) is 0 Å². The normalized spacial score (nSPS) is 15.0. The van der Waals surface area contributed by atoms with Gasteiger partial charge >= 0.3 is 44.3 Å². The predicted molar refractivity (Wildman–Crippen MR) is 16.4 cm³/mol. The molecule has 5 heteroatoms. The maximum absolute atomic E-state index is 9.24. The van der Waals surface area contributed by atoms with Gasteiger partial charge in [-0.1, -0.05) is 0 Å². The number of hydrogen-bond donors (Lipinski definition) is 0. The van der Waals surface area contributed by atoms with Crippen molar-refractivity contribution in [2.75, 3.05) is 0 Å². The summed E-state index contributed by atoms with van der Waals surface area (Å²) in [6, 6.07) is 0. The van der Waals surface area contributed by atoms with Gasteiger partial charge in [0, 0.05) is 0 Å². The Morgan fingerprint density at radius 3 is 1.60 bits per heavy atom. The van der Waals surface area contributed by atoms with Crippen LogP contribution in [0.25, 0.3) is 0 Å². The zero-order chi connectivity index (χ0) is 4.50. The first-order chi connectivity index (χ1) is 2.00. The molecule has 3 nitrogen and oxygen atoms in total. The Kier molecular flexibility index (Phi) is 2.10. The molecule has 0 aliphatic rings. The molecular weight excluding hydrogens is 336 g/mol. The van der Waals surface area contributed by atoms with Gasteiger partial charge in [0.05, 0.1) is 0 Å². The van der Waals surface area contributed by atoms with Crippen LogP contribution in [-0.2, 0) is 3.83 Å². The molecule has 0 bridgehead atoms. The zero-order valence-electron chi connectivity index (χ0n) is 2.25. The van der Waals surface area contributed by atoms with Crippen molar-refractivity contribution in [2.45, 2.75) is 0 Å². The summed E-state index contributed by atoms with van der Waals surface area (Å²) in [6.07, 6.45) is 0. The van der Waals surface area contributed by atoms with E-state index in [4.69, 9.17) is 0 Å². The van der Waals surface area contributed by atoms with Crippen molar-refractivity contribution in [1.29, 1.82) is 0 Å². The number of rotatable bonds is 0. The predicted octanol–water partition coefficient (Wildman–Crippen LogP) is -4.06. The van der Waals surface area contributed by atoms with Crippen molar-refractivity contribution in [2.24, 2.45) is 0 Å². The van der Waals surface area contributed by atoms with Crippen molar-refractivity contribution >= 4 is 32.1 Å². The Hall–Kier alpha value is 1.12. The van der Waals surface area contributed by atoms with Crippen LogP contribution in [0.1, 0.15) is 0 Å². The fourth-order valence-corrected chi connectivity index (χ4v) is 0. The third-order valence-corrected chi connectivity index (χ3v) is 0. The quantitative estimate of drug-likeness (QED) is 0.422. The second-order valence-corrected chi connectivity index (χ2v) is 15.6. The molecule has 0 radical (unpaired) electrons. The van der Waals surface area contributed by atoms with Gasteiger partial charge in [-0.05, 0) is 0 Å². The molecule has 0 aromatic rings. The first-order valence-electron chi connectivity index (χ1n) is 0.806. The Balaban J connectivity index is 3.47. The molecule has 0 aromatic carbocycles. The average molecular weight is 339 g/mol. The van der Waals surface area contributed by atoms with Gasteiger partial charge in [-0.3, -0.25) is 0 Å². The molecule has 0 rings (SSSR count). The fourth-order valence-electron chi connectivity index (χ4n) is 0. The summed E-state index contributed by atoms with van der Waals surface area (Å²) < 4.78 is 27.7. The van der Waals surface area contributed by atoms with Gasteiger partial charge < -0.3 is 0 Å². The summed E-state index contributed by atoms with van der Waals surface area (Å²) in [5.74, 6) is 0. The second-order valence-electron chi connectivity index (χ2n) is 0.540. The summed E-state index contributed by atoms with van der Waals surface area (Å²) >= 11 is -0.363. The third kappa shape index (κ3) is 39.6. The second kappa shape index (κ2) is 1.72. The molecule has 0 aromatic heterocycles. The summed E-state index contributed by atoms with van der Waals surface area (Å²) in [5, 5.41) is 0. The van der Waals surface area contributed by atoms with Gasteiger partial charge in [0.1, 0.15) is 0 Å². The van der Waals surface area contributed by atoms with Crippen molar-refractivity contribution in [3.05, 3.63) is 0 Å². The van der Waals surface area contributed by atoms with Crippen LogP contribution in [0.5, 0.6) is 0 Å². The molecule has 0 heterocycles. The van der Waals surface area contributed by atoms with Crippen LogP contribution in [0.3, 0.4) is 0 Å². The van der Waals surface area contributed by atoms with Crippen LogP contribution in [-0.4, -0.2) is 32.1 Å². The molecular formula is H3BiO3Se-2. The first-order valence-corrected chi connectivity index (χ1v) is 14.6. The van der Waals surface area contributed by atoms with E-state index in [9.17, 15) is 12.2 Å². The van der Waals surface area contributed by atoms with Crippen LogP contribution < -0.4 is 8.38 Å². The van der Waals surface area contributed by atoms with Gasteiger partial charge in [-0.15, -0.1) is 0 Å². The zero-order valence-corrected chi connectivity index (χ0v) is 8.61.